The summed E-state index contributed by atoms with van der Waals surface area (Å²) in [6, 6.07) is 0. The number of aryl methyl sites for hydroxylation is 1. The standard InChI is InChI=1S/C5H8N4O/c1-3-2-7-5(9-6)8-4(3)10/h2H,6H2,1H3,(H2,7,8,9,10). The van der Waals surface area contributed by atoms with Crippen LogP contribution in [0.15, 0.2) is 11.0 Å². The molecule has 0 fully saturated rings. The Kier molecular flexibility index (Phi) is 1.68. The zero-order chi connectivity index (χ0) is 7.56. The van der Waals surface area contributed by atoms with Gasteiger partial charge in [0, 0.05) is 11.8 Å². The summed E-state index contributed by atoms with van der Waals surface area (Å²) in [7, 11) is 0. The molecule has 1 rings (SSSR count). The summed E-state index contributed by atoms with van der Waals surface area (Å²) in [5.41, 5.74) is 2.62. The summed E-state index contributed by atoms with van der Waals surface area (Å²) in [6.45, 7) is 1.67. The van der Waals surface area contributed by atoms with E-state index in [1.54, 1.807) is 6.92 Å². The minimum atomic E-state index is -0.178. The van der Waals surface area contributed by atoms with Gasteiger partial charge in [-0.1, -0.05) is 0 Å². The second-order valence-electron chi connectivity index (χ2n) is 1.89. The van der Waals surface area contributed by atoms with Crippen LogP contribution in [0.5, 0.6) is 0 Å². The highest BCUT2D eigenvalue weighted by Crippen LogP contribution is 1.88. The highest BCUT2D eigenvalue weighted by atomic mass is 16.1. The monoisotopic (exact) mass is 140 g/mol. The van der Waals surface area contributed by atoms with E-state index in [0.717, 1.165) is 0 Å². The van der Waals surface area contributed by atoms with E-state index in [2.05, 4.69) is 15.4 Å². The van der Waals surface area contributed by atoms with E-state index in [0.29, 0.717) is 5.56 Å². The van der Waals surface area contributed by atoms with Gasteiger partial charge in [-0.2, -0.15) is 0 Å². The Morgan fingerprint density at radius 3 is 3.00 bits per heavy atom. The number of nitrogens with zero attached hydrogens (tertiary/aromatic N) is 1. The van der Waals surface area contributed by atoms with Crippen molar-refractivity contribution in [3.05, 3.63) is 22.1 Å². The Balaban J connectivity index is 3.17. The molecule has 5 heteroatoms. The molecule has 0 aliphatic heterocycles. The highest BCUT2D eigenvalue weighted by molar-refractivity contribution is 5.21. The lowest BCUT2D eigenvalue weighted by Crippen LogP contribution is -2.17. The van der Waals surface area contributed by atoms with Gasteiger partial charge in [-0.15, -0.1) is 0 Å². The molecule has 4 N–H and O–H groups in total. The second kappa shape index (κ2) is 2.49. The van der Waals surface area contributed by atoms with Gasteiger partial charge in [0.1, 0.15) is 0 Å². The smallest absolute Gasteiger partial charge is 0.255 e. The molecule has 0 bridgehead atoms. The summed E-state index contributed by atoms with van der Waals surface area (Å²) in [4.78, 5) is 17.0. The van der Waals surface area contributed by atoms with Gasteiger partial charge in [0.25, 0.3) is 5.56 Å². The fourth-order valence-electron chi connectivity index (χ4n) is 0.532. The van der Waals surface area contributed by atoms with Crippen LogP contribution >= 0.6 is 0 Å². The first-order chi connectivity index (χ1) is 4.74. The first-order valence-corrected chi connectivity index (χ1v) is 2.76. The van der Waals surface area contributed by atoms with Crippen LogP contribution in [0.1, 0.15) is 5.56 Å². The molecule has 0 aliphatic rings. The Bertz CT molecular complexity index is 279. The van der Waals surface area contributed by atoms with Gasteiger partial charge < -0.3 is 0 Å². The van der Waals surface area contributed by atoms with Crippen LogP contribution in [0.25, 0.3) is 0 Å². The summed E-state index contributed by atoms with van der Waals surface area (Å²) in [5.74, 6) is 5.26. The largest absolute Gasteiger partial charge is 0.294 e. The maximum Gasteiger partial charge on any atom is 0.255 e. The Hall–Kier alpha value is -1.36. The third-order valence-electron chi connectivity index (χ3n) is 1.11. The van der Waals surface area contributed by atoms with E-state index in [4.69, 9.17) is 5.84 Å². The number of aromatic nitrogens is 2. The average molecular weight is 140 g/mol. The SMILES string of the molecule is Cc1cnc(NN)[nH]c1=O. The molecule has 0 saturated carbocycles. The van der Waals surface area contributed by atoms with Gasteiger partial charge in [-0.25, -0.2) is 10.8 Å². The number of nitrogens with one attached hydrogen (secondary N) is 2. The number of hydrazine groups is 1. The van der Waals surface area contributed by atoms with E-state index in [1.165, 1.54) is 6.20 Å². The number of nitrogens with two attached hydrogens (primary N) is 1. The maximum absolute atomic E-state index is 10.8. The van der Waals surface area contributed by atoms with Crippen molar-refractivity contribution in [2.45, 2.75) is 6.92 Å². The summed E-state index contributed by atoms with van der Waals surface area (Å²) < 4.78 is 0. The molecule has 0 aromatic carbocycles. The van der Waals surface area contributed by atoms with Crippen molar-refractivity contribution in [2.24, 2.45) is 5.84 Å². The van der Waals surface area contributed by atoms with Gasteiger partial charge in [0.15, 0.2) is 0 Å². The molecule has 0 unspecified atom stereocenters. The molecule has 0 saturated heterocycles. The van der Waals surface area contributed by atoms with Crippen molar-refractivity contribution in [2.75, 3.05) is 5.43 Å². The van der Waals surface area contributed by atoms with Gasteiger partial charge in [0.2, 0.25) is 5.95 Å². The van der Waals surface area contributed by atoms with E-state index in [9.17, 15) is 4.79 Å². The average Bonchev–Trinajstić information content (AvgIpc) is 1.95. The quantitative estimate of drug-likeness (QED) is 0.358. The first kappa shape index (κ1) is 6.76. The lowest BCUT2D eigenvalue weighted by Gasteiger charge is -1.96. The number of H-pyrrole nitrogens is 1. The predicted molar refractivity (Wildman–Crippen MR) is 37.4 cm³/mol. The molecule has 1 heterocycles. The summed E-state index contributed by atoms with van der Waals surface area (Å²) >= 11 is 0. The van der Waals surface area contributed by atoms with Crippen molar-refractivity contribution in [3.63, 3.8) is 0 Å². The predicted octanol–water partition coefficient (Wildman–Crippen LogP) is -0.636. The highest BCUT2D eigenvalue weighted by Gasteiger charge is 1.93. The molecular formula is C5H8N4O. The maximum atomic E-state index is 10.8. The minimum absolute atomic E-state index is 0.178. The zero-order valence-electron chi connectivity index (χ0n) is 5.51. The van der Waals surface area contributed by atoms with E-state index < -0.39 is 0 Å². The summed E-state index contributed by atoms with van der Waals surface area (Å²) in [5, 5.41) is 0. The van der Waals surface area contributed by atoms with Crippen LogP contribution in [0, 0.1) is 6.92 Å². The Labute approximate surface area is 57.3 Å². The van der Waals surface area contributed by atoms with E-state index in [-0.39, 0.29) is 11.5 Å². The fourth-order valence-corrected chi connectivity index (χ4v) is 0.532. The van der Waals surface area contributed by atoms with Gasteiger partial charge in [0.05, 0.1) is 0 Å². The van der Waals surface area contributed by atoms with Crippen LogP contribution in [-0.2, 0) is 0 Å². The van der Waals surface area contributed by atoms with Crippen molar-refractivity contribution in [1.82, 2.24) is 9.97 Å². The lowest BCUT2D eigenvalue weighted by molar-refractivity contribution is 1.05. The topological polar surface area (TPSA) is 83.8 Å². The lowest BCUT2D eigenvalue weighted by atomic mass is 10.4. The molecule has 5 nitrogen and oxygen atoms in total. The molecule has 0 amide bonds. The minimum Gasteiger partial charge on any atom is -0.294 e. The number of rotatable bonds is 1. The van der Waals surface area contributed by atoms with Gasteiger partial charge >= 0.3 is 0 Å². The van der Waals surface area contributed by atoms with Crippen LogP contribution in [0.3, 0.4) is 0 Å². The fraction of sp³-hybridized carbons (Fsp3) is 0.200. The third-order valence-corrected chi connectivity index (χ3v) is 1.11. The molecule has 10 heavy (non-hydrogen) atoms. The molecule has 0 spiro atoms. The number of nitrogen functional groups attached to an aromatic ring is 1. The summed E-state index contributed by atoms with van der Waals surface area (Å²) in [6.07, 6.45) is 1.45. The molecule has 1 aromatic rings. The Morgan fingerprint density at radius 1 is 1.80 bits per heavy atom. The van der Waals surface area contributed by atoms with Crippen molar-refractivity contribution in [3.8, 4) is 0 Å². The number of aromatic amines is 1. The molecule has 1 aromatic heterocycles. The van der Waals surface area contributed by atoms with Crippen molar-refractivity contribution >= 4 is 5.95 Å². The van der Waals surface area contributed by atoms with Crippen molar-refractivity contribution in [1.29, 1.82) is 0 Å². The molecule has 54 valence electrons. The number of hydrogen-bond donors (Lipinski definition) is 3. The van der Waals surface area contributed by atoms with Gasteiger partial charge in [-0.05, 0) is 6.92 Å². The van der Waals surface area contributed by atoms with E-state index >= 15 is 0 Å². The second-order valence-corrected chi connectivity index (χ2v) is 1.89. The van der Waals surface area contributed by atoms with Crippen LogP contribution in [0.4, 0.5) is 5.95 Å². The third kappa shape index (κ3) is 1.14. The van der Waals surface area contributed by atoms with E-state index in [1.807, 2.05) is 0 Å². The molecule has 0 aliphatic carbocycles. The van der Waals surface area contributed by atoms with Gasteiger partial charge in [-0.3, -0.25) is 15.2 Å². The molecular weight excluding hydrogens is 132 g/mol. The first-order valence-electron chi connectivity index (χ1n) is 2.76. The molecule has 0 radical (unpaired) electrons. The zero-order valence-corrected chi connectivity index (χ0v) is 5.51. The number of anilines is 1. The normalized spacial score (nSPS) is 9.40. The van der Waals surface area contributed by atoms with Crippen LogP contribution < -0.4 is 16.8 Å². The van der Waals surface area contributed by atoms with Crippen LogP contribution in [-0.4, -0.2) is 9.97 Å². The molecule has 0 atom stereocenters. The number of hydrogen-bond acceptors (Lipinski definition) is 4. The van der Waals surface area contributed by atoms with Crippen LogP contribution in [0.2, 0.25) is 0 Å². The Morgan fingerprint density at radius 2 is 2.50 bits per heavy atom. The van der Waals surface area contributed by atoms with Crippen molar-refractivity contribution < 1.29 is 0 Å².